The summed E-state index contributed by atoms with van der Waals surface area (Å²) in [5, 5.41) is 0. The minimum absolute atomic E-state index is 0.114. The molecule has 34 heavy (non-hydrogen) atoms. The highest BCUT2D eigenvalue weighted by Gasteiger charge is 2.50. The average Bonchev–Trinajstić information content (AvgIpc) is 3.59. The molecular formula is C28H20N2O2S2. The predicted molar refractivity (Wildman–Crippen MR) is 140 cm³/mol. The minimum Gasteiger partial charge on any atom is -0.274 e. The van der Waals surface area contributed by atoms with E-state index in [0.717, 1.165) is 30.9 Å². The Labute approximate surface area is 205 Å². The summed E-state index contributed by atoms with van der Waals surface area (Å²) in [4.78, 5) is 35.6. The molecule has 6 rings (SSSR count). The molecule has 2 aliphatic rings. The lowest BCUT2D eigenvalue weighted by atomic mass is 10.1. The zero-order chi connectivity index (χ0) is 23.4. The fourth-order valence-electron chi connectivity index (χ4n) is 4.53. The van der Waals surface area contributed by atoms with Crippen molar-refractivity contribution in [1.82, 2.24) is 0 Å². The molecule has 0 N–H and O–H groups in total. The Morgan fingerprint density at radius 2 is 0.912 bits per heavy atom. The Bertz CT molecular complexity index is 1390. The van der Waals surface area contributed by atoms with E-state index in [9.17, 15) is 9.59 Å². The minimum atomic E-state index is -0.114. The third-order valence-electron chi connectivity index (χ3n) is 5.98. The number of benzene rings is 2. The molecule has 2 aromatic heterocycles. The first kappa shape index (κ1) is 20.8. The summed E-state index contributed by atoms with van der Waals surface area (Å²) in [5.74, 6) is -0.227. The van der Waals surface area contributed by atoms with Crippen LogP contribution in [0.15, 0.2) is 96.3 Å². The lowest BCUT2D eigenvalue weighted by Crippen LogP contribution is -2.26. The van der Waals surface area contributed by atoms with Gasteiger partial charge < -0.3 is 0 Å². The van der Waals surface area contributed by atoms with Crippen LogP contribution in [0.5, 0.6) is 0 Å². The highest BCUT2D eigenvalue weighted by Crippen LogP contribution is 2.51. The smallest absolute Gasteiger partial charge is 0.266 e. The first-order chi connectivity index (χ1) is 16.5. The van der Waals surface area contributed by atoms with Gasteiger partial charge in [-0.25, -0.2) is 0 Å². The molecule has 4 heterocycles. The van der Waals surface area contributed by atoms with Gasteiger partial charge in [-0.2, -0.15) is 0 Å². The summed E-state index contributed by atoms with van der Waals surface area (Å²) in [6.45, 7) is 4.05. The number of amides is 2. The van der Waals surface area contributed by atoms with Crippen LogP contribution < -0.4 is 9.80 Å². The predicted octanol–water partition coefficient (Wildman–Crippen LogP) is 6.64. The SMILES string of the molecule is Cc1ccc(C2=C3C(=C(c4ccc(C)s4)C(=O)N3c3ccccc3)N(c3ccccc3)C2=O)s1. The summed E-state index contributed by atoms with van der Waals surface area (Å²) < 4.78 is 0. The molecule has 4 aromatic rings. The lowest BCUT2D eigenvalue weighted by molar-refractivity contribution is -0.112. The second kappa shape index (κ2) is 7.94. The summed E-state index contributed by atoms with van der Waals surface area (Å²) >= 11 is 3.14. The van der Waals surface area contributed by atoms with Gasteiger partial charge in [0, 0.05) is 30.9 Å². The molecule has 0 spiro atoms. The number of rotatable bonds is 4. The van der Waals surface area contributed by atoms with Crippen LogP contribution in [0.3, 0.4) is 0 Å². The van der Waals surface area contributed by atoms with Gasteiger partial charge in [-0.1, -0.05) is 36.4 Å². The molecule has 0 aliphatic carbocycles. The van der Waals surface area contributed by atoms with Crippen LogP contribution in [0.2, 0.25) is 0 Å². The molecule has 2 aromatic carbocycles. The fraction of sp³-hybridized carbons (Fsp3) is 0.0714. The molecular weight excluding hydrogens is 460 g/mol. The van der Waals surface area contributed by atoms with E-state index in [1.54, 1.807) is 32.5 Å². The van der Waals surface area contributed by atoms with Crippen LogP contribution in [0.25, 0.3) is 11.1 Å². The Kier molecular flexibility index (Phi) is 4.86. The zero-order valence-corrected chi connectivity index (χ0v) is 20.2. The standard InChI is InChI=1S/C28H20N2O2S2/c1-17-13-15-21(33-17)23-25-26(30(27(23)31)20-11-7-4-8-12-20)24(22-16-14-18(2)34-22)28(32)29(25)19-9-5-3-6-10-19/h3-16H,1-2H3. The van der Waals surface area contributed by atoms with Crippen LogP contribution in [0.1, 0.15) is 19.5 Å². The molecule has 0 radical (unpaired) electrons. The molecule has 0 saturated heterocycles. The molecule has 0 fully saturated rings. The fourth-order valence-corrected chi connectivity index (χ4v) is 6.34. The third kappa shape index (κ3) is 3.10. The van der Waals surface area contributed by atoms with Crippen molar-refractivity contribution >= 4 is 57.0 Å². The van der Waals surface area contributed by atoms with Crippen molar-refractivity contribution < 1.29 is 9.59 Å². The molecule has 0 bridgehead atoms. The highest BCUT2D eigenvalue weighted by atomic mass is 32.1. The molecule has 0 unspecified atom stereocenters. The van der Waals surface area contributed by atoms with Crippen molar-refractivity contribution in [3.8, 4) is 0 Å². The van der Waals surface area contributed by atoms with Crippen molar-refractivity contribution in [2.45, 2.75) is 13.8 Å². The number of carbonyl (C=O) groups excluding carboxylic acids is 2. The number of carbonyl (C=O) groups is 2. The quantitative estimate of drug-likeness (QED) is 0.328. The molecule has 2 aliphatic heterocycles. The summed E-state index contributed by atoms with van der Waals surface area (Å²) in [5.41, 5.74) is 3.95. The second-order valence-corrected chi connectivity index (χ2v) is 10.8. The van der Waals surface area contributed by atoms with Crippen molar-refractivity contribution in [3.63, 3.8) is 0 Å². The van der Waals surface area contributed by atoms with Gasteiger partial charge in [-0.3, -0.25) is 19.4 Å². The number of anilines is 2. The Hall–Kier alpha value is -3.74. The van der Waals surface area contributed by atoms with Crippen molar-refractivity contribution in [2.75, 3.05) is 9.80 Å². The molecule has 0 atom stereocenters. The number of thiophene rings is 2. The molecule has 6 heteroatoms. The topological polar surface area (TPSA) is 40.6 Å². The molecule has 4 nitrogen and oxygen atoms in total. The Morgan fingerprint density at radius 1 is 0.529 bits per heavy atom. The monoisotopic (exact) mass is 480 g/mol. The molecule has 166 valence electrons. The largest absolute Gasteiger partial charge is 0.274 e. The second-order valence-electron chi connectivity index (χ2n) is 8.22. The van der Waals surface area contributed by atoms with E-state index in [2.05, 4.69) is 0 Å². The van der Waals surface area contributed by atoms with Crippen LogP contribution >= 0.6 is 22.7 Å². The maximum atomic E-state index is 14.1. The maximum Gasteiger partial charge on any atom is 0.266 e. The van der Waals surface area contributed by atoms with E-state index in [1.165, 1.54) is 0 Å². The van der Waals surface area contributed by atoms with E-state index < -0.39 is 0 Å². The first-order valence-electron chi connectivity index (χ1n) is 11.0. The summed E-state index contributed by atoms with van der Waals surface area (Å²) in [6.07, 6.45) is 0. The number of hydrogen-bond donors (Lipinski definition) is 0. The van der Waals surface area contributed by atoms with E-state index in [4.69, 9.17) is 0 Å². The normalized spacial score (nSPS) is 15.7. The number of para-hydroxylation sites is 2. The van der Waals surface area contributed by atoms with Crippen LogP contribution in [-0.4, -0.2) is 11.8 Å². The Morgan fingerprint density at radius 3 is 1.24 bits per heavy atom. The van der Waals surface area contributed by atoms with Gasteiger partial charge in [0.2, 0.25) is 0 Å². The van der Waals surface area contributed by atoms with Gasteiger partial charge in [0.15, 0.2) is 0 Å². The van der Waals surface area contributed by atoms with Crippen LogP contribution in [0.4, 0.5) is 11.4 Å². The van der Waals surface area contributed by atoms with E-state index >= 15 is 0 Å². The summed E-state index contributed by atoms with van der Waals surface area (Å²) in [6, 6.07) is 27.2. The van der Waals surface area contributed by atoms with Crippen LogP contribution in [0, 0.1) is 13.8 Å². The highest BCUT2D eigenvalue weighted by molar-refractivity contribution is 7.14. The molecule has 0 saturated carbocycles. The Balaban J connectivity index is 1.70. The van der Waals surface area contributed by atoms with Crippen molar-refractivity contribution in [1.29, 1.82) is 0 Å². The van der Waals surface area contributed by atoms with Gasteiger partial charge in [-0.05, 0) is 62.4 Å². The average molecular weight is 481 g/mol. The number of aryl methyl sites for hydroxylation is 2. The van der Waals surface area contributed by atoms with Gasteiger partial charge in [0.05, 0.1) is 22.5 Å². The number of hydrogen-bond acceptors (Lipinski definition) is 4. The van der Waals surface area contributed by atoms with Crippen molar-refractivity contribution in [3.05, 3.63) is 116 Å². The van der Waals surface area contributed by atoms with E-state index in [1.807, 2.05) is 98.8 Å². The first-order valence-corrected chi connectivity index (χ1v) is 12.6. The maximum absolute atomic E-state index is 14.1. The molecule has 2 amide bonds. The van der Waals surface area contributed by atoms with Gasteiger partial charge in [0.25, 0.3) is 11.8 Å². The van der Waals surface area contributed by atoms with E-state index in [-0.39, 0.29) is 11.8 Å². The third-order valence-corrected chi connectivity index (χ3v) is 8.02. The number of fused-ring (bicyclic) bond motifs is 1. The van der Waals surface area contributed by atoms with Gasteiger partial charge in [-0.15, -0.1) is 22.7 Å². The van der Waals surface area contributed by atoms with Gasteiger partial charge >= 0.3 is 0 Å². The van der Waals surface area contributed by atoms with Crippen LogP contribution in [-0.2, 0) is 9.59 Å². The summed E-state index contributed by atoms with van der Waals surface area (Å²) in [7, 11) is 0. The lowest BCUT2D eigenvalue weighted by Gasteiger charge is -2.20. The van der Waals surface area contributed by atoms with E-state index in [0.29, 0.717) is 22.5 Å². The zero-order valence-electron chi connectivity index (χ0n) is 18.6. The van der Waals surface area contributed by atoms with Crippen molar-refractivity contribution in [2.24, 2.45) is 0 Å². The van der Waals surface area contributed by atoms with Gasteiger partial charge in [0.1, 0.15) is 0 Å². The number of nitrogens with zero attached hydrogens (tertiary/aromatic N) is 2.